The number of hydrogen-bond acceptors (Lipinski definition) is 4. The first kappa shape index (κ1) is 14.1. The van der Waals surface area contributed by atoms with Crippen LogP contribution < -0.4 is 10.2 Å². The van der Waals surface area contributed by atoms with Gasteiger partial charge in [-0.3, -0.25) is 0 Å². The molecule has 1 heterocycles. The summed E-state index contributed by atoms with van der Waals surface area (Å²) in [7, 11) is 1.91. The molecule has 0 amide bonds. The van der Waals surface area contributed by atoms with Gasteiger partial charge in [0, 0.05) is 31.6 Å². The van der Waals surface area contributed by atoms with E-state index in [1.807, 2.05) is 7.05 Å². The molecule has 0 unspecified atom stereocenters. The smallest absolute Gasteiger partial charge is 0.138 e. The van der Waals surface area contributed by atoms with E-state index in [1.165, 1.54) is 12.8 Å². The Bertz CT molecular complexity index is 432. The Balaban J connectivity index is 2.31. The van der Waals surface area contributed by atoms with Crippen molar-refractivity contribution in [1.82, 2.24) is 9.97 Å². The Hall–Kier alpha value is -1.32. The van der Waals surface area contributed by atoms with Crippen molar-refractivity contribution < 1.29 is 0 Å². The highest BCUT2D eigenvalue weighted by Crippen LogP contribution is 2.32. The van der Waals surface area contributed by atoms with Crippen LogP contribution in [0.5, 0.6) is 0 Å². The Morgan fingerprint density at radius 3 is 2.47 bits per heavy atom. The number of aromatic nitrogens is 2. The third-order valence-electron chi connectivity index (χ3n) is 3.52. The largest absolute Gasteiger partial charge is 0.373 e. The van der Waals surface area contributed by atoms with Crippen molar-refractivity contribution in [3.63, 3.8) is 0 Å². The number of rotatable bonds is 5. The molecule has 1 aliphatic carbocycles. The Kier molecular flexibility index (Phi) is 3.97. The van der Waals surface area contributed by atoms with Crippen molar-refractivity contribution in [1.29, 1.82) is 0 Å². The maximum absolute atomic E-state index is 4.78. The minimum atomic E-state index is -0.0272. The predicted octanol–water partition coefficient (Wildman–Crippen LogP) is 3.05. The summed E-state index contributed by atoms with van der Waals surface area (Å²) in [6.07, 6.45) is 2.74. The van der Waals surface area contributed by atoms with Gasteiger partial charge in [-0.05, 0) is 25.7 Å². The van der Waals surface area contributed by atoms with E-state index >= 15 is 0 Å². The Morgan fingerprint density at radius 1 is 1.32 bits per heavy atom. The molecule has 106 valence electrons. The maximum Gasteiger partial charge on any atom is 0.138 e. The molecule has 0 saturated heterocycles. The molecule has 0 radical (unpaired) electrons. The van der Waals surface area contributed by atoms with E-state index in [4.69, 9.17) is 4.98 Å². The summed E-state index contributed by atoms with van der Waals surface area (Å²) in [5.41, 5.74) is -0.0272. The van der Waals surface area contributed by atoms with E-state index in [1.54, 1.807) is 0 Å². The second kappa shape index (κ2) is 5.35. The van der Waals surface area contributed by atoms with Crippen molar-refractivity contribution in [2.24, 2.45) is 5.92 Å². The molecule has 1 aromatic rings. The minimum Gasteiger partial charge on any atom is -0.373 e. The molecule has 0 aliphatic heterocycles. The summed E-state index contributed by atoms with van der Waals surface area (Å²) < 4.78 is 0. The molecule has 2 rings (SSSR count). The lowest BCUT2D eigenvalue weighted by Crippen LogP contribution is -2.28. The average molecular weight is 262 g/mol. The third-order valence-corrected chi connectivity index (χ3v) is 3.52. The van der Waals surface area contributed by atoms with Gasteiger partial charge >= 0.3 is 0 Å². The molecule has 0 spiro atoms. The van der Waals surface area contributed by atoms with Gasteiger partial charge in [0.05, 0.1) is 0 Å². The Labute approximate surface area is 116 Å². The van der Waals surface area contributed by atoms with Crippen molar-refractivity contribution in [2.45, 2.75) is 46.0 Å². The van der Waals surface area contributed by atoms with Crippen molar-refractivity contribution in [3.8, 4) is 0 Å². The molecule has 0 aromatic carbocycles. The molecule has 1 aromatic heterocycles. The van der Waals surface area contributed by atoms with Crippen LogP contribution in [0.2, 0.25) is 0 Å². The summed E-state index contributed by atoms with van der Waals surface area (Å²) in [6.45, 7) is 10.8. The fraction of sp³-hybridized carbons (Fsp3) is 0.733. The molecular formula is C15H26N4. The molecule has 0 atom stereocenters. The molecular weight excluding hydrogens is 236 g/mol. The van der Waals surface area contributed by atoms with E-state index in [9.17, 15) is 0 Å². The summed E-state index contributed by atoms with van der Waals surface area (Å²) in [5, 5.41) is 3.15. The van der Waals surface area contributed by atoms with Crippen LogP contribution in [-0.2, 0) is 5.41 Å². The quantitative estimate of drug-likeness (QED) is 0.885. The predicted molar refractivity (Wildman–Crippen MR) is 80.9 cm³/mol. The zero-order chi connectivity index (χ0) is 14.0. The summed E-state index contributed by atoms with van der Waals surface area (Å²) in [6, 6.07) is 2.06. The zero-order valence-corrected chi connectivity index (χ0v) is 12.8. The van der Waals surface area contributed by atoms with E-state index in [0.29, 0.717) is 0 Å². The van der Waals surface area contributed by atoms with Crippen LogP contribution in [0, 0.1) is 5.92 Å². The van der Waals surface area contributed by atoms with Gasteiger partial charge in [0.15, 0.2) is 0 Å². The van der Waals surface area contributed by atoms with Crippen molar-refractivity contribution in [3.05, 3.63) is 11.9 Å². The molecule has 1 aliphatic rings. The van der Waals surface area contributed by atoms with Gasteiger partial charge in [-0.2, -0.15) is 0 Å². The molecule has 4 nitrogen and oxygen atoms in total. The zero-order valence-electron chi connectivity index (χ0n) is 12.8. The topological polar surface area (TPSA) is 41.0 Å². The SMILES string of the molecule is CCN(CC1CC1)c1cc(NC)nc(C(C)(C)C)n1. The van der Waals surface area contributed by atoms with Gasteiger partial charge in [-0.1, -0.05) is 20.8 Å². The van der Waals surface area contributed by atoms with Gasteiger partial charge < -0.3 is 10.2 Å². The standard InChI is InChI=1S/C15H26N4/c1-6-19(10-11-7-8-11)13-9-12(16-5)17-14(18-13)15(2,3)4/h9,11H,6-8,10H2,1-5H3,(H,16,17,18). The van der Waals surface area contributed by atoms with Crippen molar-refractivity contribution in [2.75, 3.05) is 30.4 Å². The molecule has 1 N–H and O–H groups in total. The lowest BCUT2D eigenvalue weighted by atomic mass is 9.96. The normalized spacial score (nSPS) is 15.4. The number of nitrogens with one attached hydrogen (secondary N) is 1. The van der Waals surface area contributed by atoms with E-state index < -0.39 is 0 Å². The van der Waals surface area contributed by atoms with E-state index in [-0.39, 0.29) is 5.41 Å². The van der Waals surface area contributed by atoms with E-state index in [2.05, 4.69) is 49.0 Å². The summed E-state index contributed by atoms with van der Waals surface area (Å²) in [4.78, 5) is 11.7. The second-order valence-corrected chi connectivity index (χ2v) is 6.42. The molecule has 1 saturated carbocycles. The second-order valence-electron chi connectivity index (χ2n) is 6.42. The van der Waals surface area contributed by atoms with Crippen LogP contribution in [0.15, 0.2) is 6.07 Å². The third kappa shape index (κ3) is 3.58. The monoisotopic (exact) mass is 262 g/mol. The fourth-order valence-electron chi connectivity index (χ4n) is 2.06. The first-order valence-electron chi connectivity index (χ1n) is 7.26. The number of anilines is 2. The van der Waals surface area contributed by atoms with Crippen LogP contribution in [-0.4, -0.2) is 30.1 Å². The highest BCUT2D eigenvalue weighted by Gasteiger charge is 2.26. The molecule has 0 bridgehead atoms. The lowest BCUT2D eigenvalue weighted by molar-refractivity contribution is 0.544. The highest BCUT2D eigenvalue weighted by molar-refractivity contribution is 5.49. The fourth-order valence-corrected chi connectivity index (χ4v) is 2.06. The van der Waals surface area contributed by atoms with Gasteiger partial charge in [0.25, 0.3) is 0 Å². The number of hydrogen-bond donors (Lipinski definition) is 1. The first-order valence-corrected chi connectivity index (χ1v) is 7.26. The lowest BCUT2D eigenvalue weighted by Gasteiger charge is -2.25. The molecule has 19 heavy (non-hydrogen) atoms. The van der Waals surface area contributed by atoms with Gasteiger partial charge in [0.1, 0.15) is 17.5 Å². The summed E-state index contributed by atoms with van der Waals surface area (Å²) in [5.74, 6) is 3.73. The Morgan fingerprint density at radius 2 is 2.00 bits per heavy atom. The van der Waals surface area contributed by atoms with Crippen LogP contribution in [0.3, 0.4) is 0 Å². The van der Waals surface area contributed by atoms with Gasteiger partial charge in [0.2, 0.25) is 0 Å². The van der Waals surface area contributed by atoms with Crippen LogP contribution in [0.1, 0.15) is 46.4 Å². The first-order chi connectivity index (χ1) is 8.94. The van der Waals surface area contributed by atoms with Gasteiger partial charge in [-0.25, -0.2) is 9.97 Å². The average Bonchev–Trinajstić information content (AvgIpc) is 3.18. The van der Waals surface area contributed by atoms with Crippen LogP contribution in [0.25, 0.3) is 0 Å². The van der Waals surface area contributed by atoms with Gasteiger partial charge in [-0.15, -0.1) is 0 Å². The van der Waals surface area contributed by atoms with Crippen LogP contribution >= 0.6 is 0 Å². The highest BCUT2D eigenvalue weighted by atomic mass is 15.2. The maximum atomic E-state index is 4.78. The minimum absolute atomic E-state index is 0.0272. The van der Waals surface area contributed by atoms with E-state index in [0.717, 1.165) is 36.5 Å². The summed E-state index contributed by atoms with van der Waals surface area (Å²) >= 11 is 0. The van der Waals surface area contributed by atoms with Crippen LogP contribution in [0.4, 0.5) is 11.6 Å². The van der Waals surface area contributed by atoms with Crippen molar-refractivity contribution >= 4 is 11.6 Å². The molecule has 1 fully saturated rings. The molecule has 4 heteroatoms. The number of nitrogens with zero attached hydrogens (tertiary/aromatic N) is 3.